The van der Waals surface area contributed by atoms with Crippen molar-refractivity contribution in [2.24, 2.45) is 0 Å². The Balaban J connectivity index is 2.77. The van der Waals surface area contributed by atoms with Crippen LogP contribution in [-0.2, 0) is 12.8 Å². The van der Waals surface area contributed by atoms with Gasteiger partial charge in [0.15, 0.2) is 0 Å². The summed E-state index contributed by atoms with van der Waals surface area (Å²) in [6.45, 7) is 6.72. The highest BCUT2D eigenvalue weighted by Gasteiger charge is 2.07. The first kappa shape index (κ1) is 9.72. The average molecular weight is 204 g/mol. The van der Waals surface area contributed by atoms with Gasteiger partial charge in [-0.1, -0.05) is 19.9 Å². The molecular formula is C13H16S. The minimum absolute atomic E-state index is 1.14. The van der Waals surface area contributed by atoms with Crippen molar-refractivity contribution in [2.45, 2.75) is 33.6 Å². The lowest BCUT2D eigenvalue weighted by atomic mass is 9.99. The smallest absolute Gasteiger partial charge is 0.0348 e. The maximum atomic E-state index is 2.30. The summed E-state index contributed by atoms with van der Waals surface area (Å²) >= 11 is 1.87. The summed E-state index contributed by atoms with van der Waals surface area (Å²) in [6, 6.07) is 4.54. The molecule has 0 aliphatic heterocycles. The van der Waals surface area contributed by atoms with Gasteiger partial charge in [0.05, 0.1) is 0 Å². The third-order valence-corrected chi connectivity index (χ3v) is 3.95. The van der Waals surface area contributed by atoms with E-state index in [0.717, 1.165) is 12.8 Å². The first-order chi connectivity index (χ1) is 6.77. The molecule has 0 aliphatic rings. The zero-order valence-corrected chi connectivity index (χ0v) is 9.87. The van der Waals surface area contributed by atoms with E-state index in [-0.39, 0.29) is 0 Å². The summed E-state index contributed by atoms with van der Waals surface area (Å²) in [7, 11) is 0. The molecule has 1 heterocycles. The van der Waals surface area contributed by atoms with E-state index in [4.69, 9.17) is 0 Å². The van der Waals surface area contributed by atoms with E-state index >= 15 is 0 Å². The van der Waals surface area contributed by atoms with Crippen molar-refractivity contribution >= 4 is 21.4 Å². The molecular weight excluding hydrogens is 188 g/mol. The van der Waals surface area contributed by atoms with Gasteiger partial charge < -0.3 is 0 Å². The number of hydrogen-bond donors (Lipinski definition) is 0. The van der Waals surface area contributed by atoms with Gasteiger partial charge in [0.2, 0.25) is 0 Å². The topological polar surface area (TPSA) is 0 Å². The van der Waals surface area contributed by atoms with Crippen LogP contribution >= 0.6 is 11.3 Å². The molecule has 0 spiro atoms. The summed E-state index contributed by atoms with van der Waals surface area (Å²) in [6.07, 6.45) is 2.29. The SMILES string of the molecule is CCc1ccc2scc(CC)c2c1C. The molecule has 1 aromatic carbocycles. The molecule has 0 unspecified atom stereocenters. The van der Waals surface area contributed by atoms with Crippen LogP contribution in [0.4, 0.5) is 0 Å². The monoisotopic (exact) mass is 204 g/mol. The van der Waals surface area contributed by atoms with Crippen LogP contribution in [0, 0.1) is 6.92 Å². The highest BCUT2D eigenvalue weighted by molar-refractivity contribution is 7.17. The van der Waals surface area contributed by atoms with Crippen molar-refractivity contribution < 1.29 is 0 Å². The van der Waals surface area contributed by atoms with Crippen LogP contribution in [0.5, 0.6) is 0 Å². The lowest BCUT2D eigenvalue weighted by Gasteiger charge is -2.05. The van der Waals surface area contributed by atoms with Gasteiger partial charge in [-0.25, -0.2) is 0 Å². The van der Waals surface area contributed by atoms with E-state index in [2.05, 4.69) is 38.3 Å². The third kappa shape index (κ3) is 1.36. The van der Waals surface area contributed by atoms with Crippen molar-refractivity contribution in [1.82, 2.24) is 0 Å². The van der Waals surface area contributed by atoms with Gasteiger partial charge in [-0.2, -0.15) is 0 Å². The second-order valence-electron chi connectivity index (χ2n) is 3.69. The fraction of sp³-hybridized carbons (Fsp3) is 0.385. The Morgan fingerprint density at radius 1 is 1.07 bits per heavy atom. The van der Waals surface area contributed by atoms with Gasteiger partial charge in [-0.3, -0.25) is 0 Å². The molecule has 74 valence electrons. The van der Waals surface area contributed by atoms with E-state index in [9.17, 15) is 0 Å². The van der Waals surface area contributed by atoms with Crippen LogP contribution in [0.25, 0.3) is 10.1 Å². The number of rotatable bonds is 2. The number of aryl methyl sites for hydroxylation is 3. The number of fused-ring (bicyclic) bond motifs is 1. The lowest BCUT2D eigenvalue weighted by Crippen LogP contribution is -1.88. The van der Waals surface area contributed by atoms with E-state index in [1.54, 1.807) is 0 Å². The molecule has 2 rings (SSSR count). The highest BCUT2D eigenvalue weighted by atomic mass is 32.1. The van der Waals surface area contributed by atoms with Crippen LogP contribution in [-0.4, -0.2) is 0 Å². The van der Waals surface area contributed by atoms with Gasteiger partial charge >= 0.3 is 0 Å². The molecule has 0 saturated heterocycles. The Morgan fingerprint density at radius 3 is 2.43 bits per heavy atom. The summed E-state index contributed by atoms with van der Waals surface area (Å²) in [5.74, 6) is 0. The first-order valence-corrected chi connectivity index (χ1v) is 6.14. The molecule has 0 saturated carbocycles. The molecule has 0 radical (unpaired) electrons. The third-order valence-electron chi connectivity index (χ3n) is 2.95. The van der Waals surface area contributed by atoms with Gasteiger partial charge in [0.25, 0.3) is 0 Å². The van der Waals surface area contributed by atoms with Crippen molar-refractivity contribution in [3.63, 3.8) is 0 Å². The minimum atomic E-state index is 1.14. The average Bonchev–Trinajstić information content (AvgIpc) is 2.62. The molecule has 1 heteroatoms. The predicted octanol–water partition coefficient (Wildman–Crippen LogP) is 4.33. The Morgan fingerprint density at radius 2 is 1.79 bits per heavy atom. The Labute approximate surface area is 89.6 Å². The standard InChI is InChI=1S/C13H16S/c1-4-10-6-7-12-13(9(10)3)11(5-2)8-14-12/h6-8H,4-5H2,1-3H3. The summed E-state index contributed by atoms with van der Waals surface area (Å²) in [4.78, 5) is 0. The zero-order chi connectivity index (χ0) is 10.1. The van der Waals surface area contributed by atoms with Crippen molar-refractivity contribution in [1.29, 1.82) is 0 Å². The normalized spacial score (nSPS) is 11.1. The van der Waals surface area contributed by atoms with Crippen LogP contribution in [0.1, 0.15) is 30.5 Å². The van der Waals surface area contributed by atoms with Gasteiger partial charge in [0, 0.05) is 4.70 Å². The van der Waals surface area contributed by atoms with Crippen LogP contribution in [0.3, 0.4) is 0 Å². The maximum absolute atomic E-state index is 2.30. The number of thiophene rings is 1. The van der Waals surface area contributed by atoms with E-state index < -0.39 is 0 Å². The second-order valence-corrected chi connectivity index (χ2v) is 4.60. The van der Waals surface area contributed by atoms with Crippen LogP contribution in [0.15, 0.2) is 17.5 Å². The summed E-state index contributed by atoms with van der Waals surface area (Å²) in [5.41, 5.74) is 4.49. The summed E-state index contributed by atoms with van der Waals surface area (Å²) in [5, 5.41) is 3.81. The Kier molecular flexibility index (Phi) is 2.60. The highest BCUT2D eigenvalue weighted by Crippen LogP contribution is 2.31. The molecule has 0 N–H and O–H groups in total. The minimum Gasteiger partial charge on any atom is -0.144 e. The van der Waals surface area contributed by atoms with Crippen LogP contribution < -0.4 is 0 Å². The Bertz CT molecular complexity index is 451. The molecule has 0 aliphatic carbocycles. The van der Waals surface area contributed by atoms with Crippen LogP contribution in [0.2, 0.25) is 0 Å². The van der Waals surface area contributed by atoms with Gasteiger partial charge in [-0.05, 0) is 53.3 Å². The lowest BCUT2D eigenvalue weighted by molar-refractivity contribution is 1.11. The van der Waals surface area contributed by atoms with E-state index in [0.29, 0.717) is 0 Å². The molecule has 2 aromatic rings. The molecule has 0 amide bonds. The molecule has 0 atom stereocenters. The fourth-order valence-corrected chi connectivity index (χ4v) is 3.17. The quantitative estimate of drug-likeness (QED) is 0.683. The maximum Gasteiger partial charge on any atom is 0.0348 e. The molecule has 14 heavy (non-hydrogen) atoms. The number of benzene rings is 1. The molecule has 0 fully saturated rings. The largest absolute Gasteiger partial charge is 0.144 e. The Hall–Kier alpha value is -0.820. The fourth-order valence-electron chi connectivity index (χ4n) is 2.06. The van der Waals surface area contributed by atoms with Crippen molar-refractivity contribution in [3.8, 4) is 0 Å². The zero-order valence-electron chi connectivity index (χ0n) is 9.05. The predicted molar refractivity (Wildman–Crippen MR) is 65.3 cm³/mol. The molecule has 0 nitrogen and oxygen atoms in total. The van der Waals surface area contributed by atoms with E-state index in [1.807, 2.05) is 11.3 Å². The number of hydrogen-bond acceptors (Lipinski definition) is 1. The van der Waals surface area contributed by atoms with Crippen molar-refractivity contribution in [3.05, 3.63) is 34.2 Å². The second kappa shape index (κ2) is 3.74. The van der Waals surface area contributed by atoms with Gasteiger partial charge in [0.1, 0.15) is 0 Å². The van der Waals surface area contributed by atoms with E-state index in [1.165, 1.54) is 26.8 Å². The molecule has 0 bridgehead atoms. The van der Waals surface area contributed by atoms with Gasteiger partial charge in [-0.15, -0.1) is 11.3 Å². The van der Waals surface area contributed by atoms with Crippen molar-refractivity contribution in [2.75, 3.05) is 0 Å². The summed E-state index contributed by atoms with van der Waals surface area (Å²) < 4.78 is 1.44. The first-order valence-electron chi connectivity index (χ1n) is 5.26. The molecule has 1 aromatic heterocycles.